The van der Waals surface area contributed by atoms with Crippen LogP contribution in [0, 0.1) is 11.7 Å². The minimum atomic E-state index is -0.673. The van der Waals surface area contributed by atoms with Crippen molar-refractivity contribution in [3.8, 4) is 0 Å². The fourth-order valence-electron chi connectivity index (χ4n) is 1.80. The molecule has 2 rings (SSSR count). The summed E-state index contributed by atoms with van der Waals surface area (Å²) in [5.41, 5.74) is 5.43. The Morgan fingerprint density at radius 2 is 2.17 bits per heavy atom. The van der Waals surface area contributed by atoms with Gasteiger partial charge in [0.05, 0.1) is 0 Å². The molecule has 1 aliphatic carbocycles. The van der Waals surface area contributed by atoms with Crippen molar-refractivity contribution in [2.24, 2.45) is 11.7 Å². The first-order chi connectivity index (χ1) is 8.56. The van der Waals surface area contributed by atoms with Crippen LogP contribution in [0.3, 0.4) is 0 Å². The van der Waals surface area contributed by atoms with Gasteiger partial charge in [0.2, 0.25) is 5.91 Å². The van der Waals surface area contributed by atoms with Crippen LogP contribution in [0.2, 0.25) is 0 Å². The molecule has 0 aliphatic heterocycles. The number of amides is 2. The molecule has 0 bridgehead atoms. The Bertz CT molecular complexity index is 472. The number of primary amides is 1. The van der Waals surface area contributed by atoms with Gasteiger partial charge in [-0.05, 0) is 30.5 Å². The highest BCUT2D eigenvalue weighted by Gasteiger charge is 2.29. The first-order valence-electron chi connectivity index (χ1n) is 5.92. The molecule has 1 aliphatic rings. The number of hydrogen-bond donors (Lipinski definition) is 2. The Labute approximate surface area is 104 Å². The average Bonchev–Trinajstić information content (AvgIpc) is 3.12. The number of nitrogens with two attached hydrogens (primary N) is 1. The Kier molecular flexibility index (Phi) is 3.60. The lowest BCUT2D eigenvalue weighted by molar-refractivity contribution is -0.120. The highest BCUT2D eigenvalue weighted by atomic mass is 19.1. The molecule has 0 unspecified atom stereocenters. The van der Waals surface area contributed by atoms with Crippen LogP contribution >= 0.6 is 0 Å². The number of rotatable bonds is 5. The second kappa shape index (κ2) is 5.16. The maximum absolute atomic E-state index is 13.0. The van der Waals surface area contributed by atoms with Gasteiger partial charge in [-0.3, -0.25) is 9.59 Å². The van der Waals surface area contributed by atoms with Crippen molar-refractivity contribution in [3.05, 3.63) is 35.6 Å². The Morgan fingerprint density at radius 3 is 2.72 bits per heavy atom. The molecule has 0 saturated heterocycles. The Hall–Kier alpha value is -1.91. The van der Waals surface area contributed by atoms with Crippen LogP contribution in [-0.2, 0) is 4.79 Å². The van der Waals surface area contributed by atoms with Crippen LogP contribution in [-0.4, -0.2) is 17.9 Å². The molecule has 1 aromatic carbocycles. The molecule has 96 valence electrons. The van der Waals surface area contributed by atoms with Crippen molar-refractivity contribution >= 4 is 11.8 Å². The highest BCUT2D eigenvalue weighted by Crippen LogP contribution is 2.33. The van der Waals surface area contributed by atoms with Crippen LogP contribution < -0.4 is 11.1 Å². The summed E-state index contributed by atoms with van der Waals surface area (Å²) in [5, 5.41) is 2.55. The highest BCUT2D eigenvalue weighted by molar-refractivity contribution is 5.97. The molecule has 5 heteroatoms. The summed E-state index contributed by atoms with van der Waals surface area (Å²) in [7, 11) is 0. The van der Waals surface area contributed by atoms with Crippen LogP contribution in [0.15, 0.2) is 24.3 Å². The smallest absolute Gasteiger partial charge is 0.252 e. The molecule has 1 saturated carbocycles. The van der Waals surface area contributed by atoms with Gasteiger partial charge in [-0.25, -0.2) is 4.39 Å². The average molecular weight is 250 g/mol. The standard InChI is InChI=1S/C13H15FN2O2/c14-10-3-1-2-9(7-10)13(18)16-11(12(15)17)6-8-4-5-8/h1-3,7-8,11H,4-6H2,(H2,15,17)(H,16,18)/t11-/m0/s1. The fraction of sp³-hybridized carbons (Fsp3) is 0.385. The summed E-state index contributed by atoms with van der Waals surface area (Å²) >= 11 is 0. The quantitative estimate of drug-likeness (QED) is 0.824. The second-order valence-electron chi connectivity index (χ2n) is 4.62. The molecule has 0 heterocycles. The molecular formula is C13H15FN2O2. The summed E-state index contributed by atoms with van der Waals surface area (Å²) in [6.45, 7) is 0. The van der Waals surface area contributed by atoms with E-state index in [0.29, 0.717) is 12.3 Å². The molecule has 2 amide bonds. The lowest BCUT2D eigenvalue weighted by Gasteiger charge is -2.15. The molecule has 1 atom stereocenters. The van der Waals surface area contributed by atoms with E-state index >= 15 is 0 Å². The van der Waals surface area contributed by atoms with Gasteiger partial charge in [-0.1, -0.05) is 18.9 Å². The van der Waals surface area contributed by atoms with E-state index in [1.54, 1.807) is 0 Å². The fourth-order valence-corrected chi connectivity index (χ4v) is 1.80. The second-order valence-corrected chi connectivity index (χ2v) is 4.62. The molecule has 4 nitrogen and oxygen atoms in total. The maximum atomic E-state index is 13.0. The number of hydrogen-bond acceptors (Lipinski definition) is 2. The van der Waals surface area contributed by atoms with Gasteiger partial charge in [0, 0.05) is 5.56 Å². The first kappa shape index (κ1) is 12.5. The minimum Gasteiger partial charge on any atom is -0.368 e. The number of benzene rings is 1. The van der Waals surface area contributed by atoms with E-state index in [1.807, 2.05) is 0 Å². The molecule has 1 fully saturated rings. The summed E-state index contributed by atoms with van der Waals surface area (Å²) in [4.78, 5) is 23.1. The minimum absolute atomic E-state index is 0.192. The van der Waals surface area contributed by atoms with E-state index in [0.717, 1.165) is 18.9 Å². The molecule has 0 radical (unpaired) electrons. The van der Waals surface area contributed by atoms with Crippen LogP contribution in [0.1, 0.15) is 29.6 Å². The number of carbonyl (C=O) groups excluding carboxylic acids is 2. The van der Waals surface area contributed by atoms with Crippen molar-refractivity contribution in [1.82, 2.24) is 5.32 Å². The lowest BCUT2D eigenvalue weighted by Crippen LogP contribution is -2.44. The molecule has 0 aromatic heterocycles. The van der Waals surface area contributed by atoms with Crippen LogP contribution in [0.4, 0.5) is 4.39 Å². The lowest BCUT2D eigenvalue weighted by atomic mass is 10.1. The van der Waals surface area contributed by atoms with E-state index in [2.05, 4.69) is 5.32 Å². The van der Waals surface area contributed by atoms with Gasteiger partial charge < -0.3 is 11.1 Å². The predicted octanol–water partition coefficient (Wildman–Crippen LogP) is 1.21. The van der Waals surface area contributed by atoms with Gasteiger partial charge in [-0.15, -0.1) is 0 Å². The van der Waals surface area contributed by atoms with Crippen LogP contribution in [0.5, 0.6) is 0 Å². The topological polar surface area (TPSA) is 72.2 Å². The first-order valence-corrected chi connectivity index (χ1v) is 5.92. The summed E-state index contributed by atoms with van der Waals surface area (Å²) in [5.74, 6) is -1.04. The summed E-state index contributed by atoms with van der Waals surface area (Å²) < 4.78 is 13.0. The normalized spacial score (nSPS) is 16.1. The molecular weight excluding hydrogens is 235 g/mol. The van der Waals surface area contributed by atoms with Crippen molar-refractivity contribution in [1.29, 1.82) is 0 Å². The third kappa shape index (κ3) is 3.29. The third-order valence-electron chi connectivity index (χ3n) is 3.00. The van der Waals surface area contributed by atoms with Crippen molar-refractivity contribution in [2.45, 2.75) is 25.3 Å². The molecule has 18 heavy (non-hydrogen) atoms. The summed E-state index contributed by atoms with van der Waals surface area (Å²) in [6, 6.07) is 4.66. The van der Waals surface area contributed by atoms with Gasteiger partial charge in [0.25, 0.3) is 5.91 Å². The van der Waals surface area contributed by atoms with E-state index < -0.39 is 23.7 Å². The van der Waals surface area contributed by atoms with Gasteiger partial charge in [-0.2, -0.15) is 0 Å². The largest absolute Gasteiger partial charge is 0.368 e. The summed E-state index contributed by atoms with van der Waals surface area (Å²) in [6.07, 6.45) is 2.70. The van der Waals surface area contributed by atoms with E-state index in [1.165, 1.54) is 18.2 Å². The Morgan fingerprint density at radius 1 is 1.44 bits per heavy atom. The monoisotopic (exact) mass is 250 g/mol. The van der Waals surface area contributed by atoms with Gasteiger partial charge in [0.15, 0.2) is 0 Å². The predicted molar refractivity (Wildman–Crippen MR) is 64.2 cm³/mol. The molecule has 3 N–H and O–H groups in total. The van der Waals surface area contributed by atoms with Gasteiger partial charge in [0.1, 0.15) is 11.9 Å². The maximum Gasteiger partial charge on any atom is 0.252 e. The number of nitrogens with one attached hydrogen (secondary N) is 1. The third-order valence-corrected chi connectivity index (χ3v) is 3.00. The zero-order valence-corrected chi connectivity index (χ0v) is 9.86. The van der Waals surface area contributed by atoms with E-state index in [-0.39, 0.29) is 5.56 Å². The van der Waals surface area contributed by atoms with Crippen molar-refractivity contribution in [2.75, 3.05) is 0 Å². The Balaban J connectivity index is 2.01. The van der Waals surface area contributed by atoms with Crippen molar-refractivity contribution in [3.63, 3.8) is 0 Å². The number of carbonyl (C=O) groups is 2. The SMILES string of the molecule is NC(=O)[C@H](CC1CC1)NC(=O)c1cccc(F)c1. The zero-order chi connectivity index (χ0) is 13.1. The molecule has 1 aromatic rings. The number of halogens is 1. The van der Waals surface area contributed by atoms with Crippen LogP contribution in [0.25, 0.3) is 0 Å². The zero-order valence-electron chi connectivity index (χ0n) is 9.86. The van der Waals surface area contributed by atoms with E-state index in [4.69, 9.17) is 5.73 Å². The molecule has 0 spiro atoms. The van der Waals surface area contributed by atoms with Crippen molar-refractivity contribution < 1.29 is 14.0 Å². The van der Waals surface area contributed by atoms with E-state index in [9.17, 15) is 14.0 Å². The van der Waals surface area contributed by atoms with Gasteiger partial charge >= 0.3 is 0 Å².